The molecule has 4 nitrogen and oxygen atoms in total. The van der Waals surface area contributed by atoms with Gasteiger partial charge in [0, 0.05) is 12.6 Å². The van der Waals surface area contributed by atoms with Gasteiger partial charge in [0.2, 0.25) is 0 Å². The molecule has 2 atom stereocenters. The summed E-state index contributed by atoms with van der Waals surface area (Å²) >= 11 is 0. The molecule has 0 radical (unpaired) electrons. The van der Waals surface area contributed by atoms with Gasteiger partial charge in [-0.05, 0) is 31.5 Å². The third-order valence-corrected chi connectivity index (χ3v) is 5.75. The van der Waals surface area contributed by atoms with Gasteiger partial charge in [0.25, 0.3) is 0 Å². The topological polar surface area (TPSA) is 72.2 Å². The highest BCUT2D eigenvalue weighted by atomic mass is 32.2. The molecule has 1 aliphatic heterocycles. The van der Waals surface area contributed by atoms with E-state index in [2.05, 4.69) is 5.32 Å². The molecule has 3 N–H and O–H groups in total. The van der Waals surface area contributed by atoms with Crippen molar-refractivity contribution in [2.45, 2.75) is 35.4 Å². The molecular weight excluding hydrogens is 248 g/mol. The fourth-order valence-electron chi connectivity index (χ4n) is 2.49. The molecule has 1 heterocycles. The van der Waals surface area contributed by atoms with Crippen molar-refractivity contribution in [1.82, 2.24) is 5.32 Å². The predicted molar refractivity (Wildman–Crippen MR) is 72.1 cm³/mol. The highest BCUT2D eigenvalue weighted by Crippen LogP contribution is 2.21. The maximum absolute atomic E-state index is 12.5. The zero-order valence-corrected chi connectivity index (χ0v) is 11.2. The molecule has 1 aromatic carbocycles. The molecule has 2 unspecified atom stereocenters. The lowest BCUT2D eigenvalue weighted by molar-refractivity contribution is 0.383. The van der Waals surface area contributed by atoms with E-state index in [4.69, 9.17) is 5.73 Å². The first-order valence-corrected chi connectivity index (χ1v) is 7.93. The Labute approximate surface area is 108 Å². The fourth-order valence-corrected chi connectivity index (χ4v) is 4.29. The minimum atomic E-state index is -3.34. The van der Waals surface area contributed by atoms with Crippen LogP contribution in [0.4, 0.5) is 0 Å². The average molecular weight is 268 g/mol. The van der Waals surface area contributed by atoms with Crippen molar-refractivity contribution in [3.8, 4) is 0 Å². The summed E-state index contributed by atoms with van der Waals surface area (Å²) < 4.78 is 25.1. The minimum Gasteiger partial charge on any atom is -0.329 e. The number of sulfone groups is 1. The van der Waals surface area contributed by atoms with Gasteiger partial charge in [-0.25, -0.2) is 8.42 Å². The van der Waals surface area contributed by atoms with Gasteiger partial charge in [0.15, 0.2) is 9.84 Å². The molecule has 5 heteroatoms. The van der Waals surface area contributed by atoms with Crippen LogP contribution >= 0.6 is 0 Å². The van der Waals surface area contributed by atoms with E-state index in [0.717, 1.165) is 25.8 Å². The van der Waals surface area contributed by atoms with Gasteiger partial charge >= 0.3 is 0 Å². The third-order valence-electron chi connectivity index (χ3n) is 3.50. The SMILES string of the molecule is NCC(C1CCCCN1)S(=O)(=O)c1ccccc1. The number of piperidine rings is 1. The second-order valence-electron chi connectivity index (χ2n) is 4.69. The number of hydrogen-bond donors (Lipinski definition) is 2. The molecule has 100 valence electrons. The maximum Gasteiger partial charge on any atom is 0.183 e. The molecule has 0 saturated carbocycles. The third kappa shape index (κ3) is 2.74. The number of hydrogen-bond acceptors (Lipinski definition) is 4. The van der Waals surface area contributed by atoms with Crippen molar-refractivity contribution >= 4 is 9.84 Å². The Morgan fingerprint density at radius 3 is 2.56 bits per heavy atom. The molecule has 1 saturated heterocycles. The molecule has 18 heavy (non-hydrogen) atoms. The maximum atomic E-state index is 12.5. The highest BCUT2D eigenvalue weighted by molar-refractivity contribution is 7.92. The van der Waals surface area contributed by atoms with Crippen LogP contribution in [0.15, 0.2) is 35.2 Å². The summed E-state index contributed by atoms with van der Waals surface area (Å²) in [5.41, 5.74) is 5.71. The first-order valence-electron chi connectivity index (χ1n) is 6.38. The van der Waals surface area contributed by atoms with Gasteiger partial charge in [-0.1, -0.05) is 24.6 Å². The van der Waals surface area contributed by atoms with E-state index in [1.54, 1.807) is 24.3 Å². The van der Waals surface area contributed by atoms with Crippen LogP contribution in [-0.4, -0.2) is 32.8 Å². The Balaban J connectivity index is 2.26. The lowest BCUT2D eigenvalue weighted by Crippen LogP contribution is -2.50. The van der Waals surface area contributed by atoms with Crippen LogP contribution in [0.25, 0.3) is 0 Å². The van der Waals surface area contributed by atoms with Crippen LogP contribution in [0.1, 0.15) is 19.3 Å². The van der Waals surface area contributed by atoms with E-state index in [9.17, 15) is 8.42 Å². The van der Waals surface area contributed by atoms with Crippen molar-refractivity contribution in [3.05, 3.63) is 30.3 Å². The van der Waals surface area contributed by atoms with Crippen LogP contribution in [0.3, 0.4) is 0 Å². The standard InChI is InChI=1S/C13H20N2O2S/c14-10-13(12-8-4-5-9-15-12)18(16,17)11-6-2-1-3-7-11/h1-3,6-7,12-13,15H,4-5,8-10,14H2. The van der Waals surface area contributed by atoms with Crippen LogP contribution < -0.4 is 11.1 Å². The van der Waals surface area contributed by atoms with Crippen molar-refractivity contribution in [2.24, 2.45) is 5.73 Å². The molecule has 1 aliphatic rings. The number of rotatable bonds is 4. The largest absolute Gasteiger partial charge is 0.329 e. The van der Waals surface area contributed by atoms with Crippen molar-refractivity contribution < 1.29 is 8.42 Å². The molecule has 0 aliphatic carbocycles. The Morgan fingerprint density at radius 1 is 1.28 bits per heavy atom. The van der Waals surface area contributed by atoms with Crippen LogP contribution in [0.5, 0.6) is 0 Å². The highest BCUT2D eigenvalue weighted by Gasteiger charge is 2.34. The van der Waals surface area contributed by atoms with Gasteiger partial charge < -0.3 is 11.1 Å². The first kappa shape index (κ1) is 13.5. The van der Waals surface area contributed by atoms with Gasteiger partial charge in [-0.15, -0.1) is 0 Å². The van der Waals surface area contributed by atoms with Crippen molar-refractivity contribution in [1.29, 1.82) is 0 Å². The molecular formula is C13H20N2O2S. The quantitative estimate of drug-likeness (QED) is 0.852. The lowest BCUT2D eigenvalue weighted by atomic mass is 10.0. The first-order chi connectivity index (χ1) is 8.66. The van der Waals surface area contributed by atoms with Crippen LogP contribution in [0.2, 0.25) is 0 Å². The minimum absolute atomic E-state index is 0.0195. The fraction of sp³-hybridized carbons (Fsp3) is 0.538. The smallest absolute Gasteiger partial charge is 0.183 e. The average Bonchev–Trinajstić information content (AvgIpc) is 2.41. The van der Waals surface area contributed by atoms with E-state index in [0.29, 0.717) is 4.90 Å². The monoisotopic (exact) mass is 268 g/mol. The Hall–Kier alpha value is -0.910. The molecule has 1 aromatic rings. The normalized spacial score (nSPS) is 22.6. The molecule has 0 aromatic heterocycles. The summed E-state index contributed by atoms with van der Waals surface area (Å²) in [6.45, 7) is 1.04. The Bertz CT molecular complexity index is 467. The summed E-state index contributed by atoms with van der Waals surface area (Å²) in [6, 6.07) is 8.56. The van der Waals surface area contributed by atoms with Crippen molar-refractivity contribution in [3.63, 3.8) is 0 Å². The van der Waals surface area contributed by atoms with Gasteiger partial charge in [-0.2, -0.15) is 0 Å². The molecule has 0 amide bonds. The van der Waals surface area contributed by atoms with Crippen molar-refractivity contribution in [2.75, 3.05) is 13.1 Å². The molecule has 0 spiro atoms. The van der Waals surface area contributed by atoms with Gasteiger partial charge in [-0.3, -0.25) is 0 Å². The Kier molecular flexibility index (Phi) is 4.37. The summed E-state index contributed by atoms with van der Waals surface area (Å²) in [5, 5.41) is 2.76. The number of nitrogens with one attached hydrogen (secondary N) is 1. The van der Waals surface area contributed by atoms with Gasteiger partial charge in [0.1, 0.15) is 0 Å². The summed E-state index contributed by atoms with van der Waals surface area (Å²) in [7, 11) is -3.34. The van der Waals surface area contributed by atoms with E-state index in [1.807, 2.05) is 6.07 Å². The molecule has 1 fully saturated rings. The predicted octanol–water partition coefficient (Wildman–Crippen LogP) is 0.930. The Morgan fingerprint density at radius 2 is 2.00 bits per heavy atom. The number of nitrogens with two attached hydrogens (primary N) is 1. The molecule has 2 rings (SSSR count). The second-order valence-corrected chi connectivity index (χ2v) is 6.86. The lowest BCUT2D eigenvalue weighted by Gasteiger charge is -2.30. The second kappa shape index (κ2) is 5.82. The van der Waals surface area contributed by atoms with E-state index in [-0.39, 0.29) is 12.6 Å². The van der Waals surface area contributed by atoms with Crippen LogP contribution in [0, 0.1) is 0 Å². The summed E-state index contributed by atoms with van der Waals surface area (Å²) in [5.74, 6) is 0. The van der Waals surface area contributed by atoms with Crippen LogP contribution in [-0.2, 0) is 9.84 Å². The zero-order valence-electron chi connectivity index (χ0n) is 10.4. The van der Waals surface area contributed by atoms with E-state index in [1.165, 1.54) is 0 Å². The summed E-state index contributed by atoms with van der Waals surface area (Å²) in [6.07, 6.45) is 3.06. The van der Waals surface area contributed by atoms with E-state index >= 15 is 0 Å². The zero-order chi connectivity index (χ0) is 13.0. The molecule has 0 bridgehead atoms. The summed E-state index contributed by atoms with van der Waals surface area (Å²) in [4.78, 5) is 0.368. The van der Waals surface area contributed by atoms with Gasteiger partial charge in [0.05, 0.1) is 10.1 Å². The van der Waals surface area contributed by atoms with E-state index < -0.39 is 15.1 Å². The number of benzene rings is 1.